The molecule has 4 saturated heterocycles. The SMILES string of the molecule is C[C@@H]1CC[C@H]2[C@@H](C)C(SCCN)O[C@@H]3O[C@@]4(C)CC[C@@H]1[C@]32OO4. The van der Waals surface area contributed by atoms with E-state index in [1.54, 1.807) is 0 Å². The molecule has 5 nitrogen and oxygen atoms in total. The highest BCUT2D eigenvalue weighted by Crippen LogP contribution is 2.61. The Morgan fingerprint density at radius 1 is 1.13 bits per heavy atom. The lowest BCUT2D eigenvalue weighted by atomic mass is 9.58. The van der Waals surface area contributed by atoms with Gasteiger partial charge in [0.15, 0.2) is 11.9 Å². The van der Waals surface area contributed by atoms with E-state index in [2.05, 4.69) is 13.8 Å². The molecule has 1 saturated carbocycles. The number of rotatable bonds is 3. The fourth-order valence-electron chi connectivity index (χ4n) is 5.25. The van der Waals surface area contributed by atoms with E-state index in [-0.39, 0.29) is 11.7 Å². The summed E-state index contributed by atoms with van der Waals surface area (Å²) in [6.45, 7) is 7.28. The molecule has 1 aliphatic carbocycles. The minimum Gasteiger partial charge on any atom is -0.335 e. The van der Waals surface area contributed by atoms with Crippen LogP contribution in [0.4, 0.5) is 0 Å². The monoisotopic (exact) mass is 343 g/mol. The van der Waals surface area contributed by atoms with E-state index in [0.717, 1.165) is 25.0 Å². The number of hydrogen-bond acceptors (Lipinski definition) is 6. The van der Waals surface area contributed by atoms with E-state index in [1.807, 2.05) is 18.7 Å². The number of thioether (sulfide) groups is 1. The van der Waals surface area contributed by atoms with Gasteiger partial charge in [-0.1, -0.05) is 13.8 Å². The third-order valence-electron chi connectivity index (χ3n) is 6.50. The van der Waals surface area contributed by atoms with Crippen molar-refractivity contribution in [1.82, 2.24) is 0 Å². The van der Waals surface area contributed by atoms with Crippen molar-refractivity contribution in [3.63, 3.8) is 0 Å². The Morgan fingerprint density at radius 3 is 2.74 bits per heavy atom. The smallest absolute Gasteiger partial charge is 0.201 e. The molecule has 5 fully saturated rings. The van der Waals surface area contributed by atoms with Gasteiger partial charge in [0.2, 0.25) is 5.79 Å². The van der Waals surface area contributed by atoms with Gasteiger partial charge in [-0.05, 0) is 43.9 Å². The van der Waals surface area contributed by atoms with E-state index >= 15 is 0 Å². The molecule has 8 atom stereocenters. The first-order valence-electron chi connectivity index (χ1n) is 9.02. The van der Waals surface area contributed by atoms with Crippen molar-refractivity contribution in [1.29, 1.82) is 0 Å². The Labute approximate surface area is 142 Å². The van der Waals surface area contributed by atoms with Crippen LogP contribution in [0.5, 0.6) is 0 Å². The molecule has 5 rings (SSSR count). The number of hydrogen-bond donors (Lipinski definition) is 1. The lowest BCUT2D eigenvalue weighted by Crippen LogP contribution is -2.70. The van der Waals surface area contributed by atoms with Crippen LogP contribution >= 0.6 is 11.8 Å². The maximum Gasteiger partial charge on any atom is 0.201 e. The van der Waals surface area contributed by atoms with Crippen LogP contribution in [0.3, 0.4) is 0 Å². The van der Waals surface area contributed by atoms with Crippen molar-refractivity contribution < 1.29 is 19.2 Å². The van der Waals surface area contributed by atoms with Gasteiger partial charge in [0.25, 0.3) is 0 Å². The van der Waals surface area contributed by atoms with Crippen molar-refractivity contribution >= 4 is 11.8 Å². The van der Waals surface area contributed by atoms with Gasteiger partial charge in [-0.3, -0.25) is 0 Å². The van der Waals surface area contributed by atoms with Crippen LogP contribution < -0.4 is 5.73 Å². The molecular formula is C17H29NO4S. The average molecular weight is 343 g/mol. The molecule has 132 valence electrons. The summed E-state index contributed by atoms with van der Waals surface area (Å²) >= 11 is 1.81. The maximum atomic E-state index is 6.44. The summed E-state index contributed by atoms with van der Waals surface area (Å²) in [4.78, 5) is 11.9. The average Bonchev–Trinajstić information content (AvgIpc) is 2.76. The highest BCUT2D eigenvalue weighted by molar-refractivity contribution is 7.99. The minimum atomic E-state index is -0.679. The molecular weight excluding hydrogens is 314 g/mol. The van der Waals surface area contributed by atoms with E-state index in [4.69, 9.17) is 25.0 Å². The summed E-state index contributed by atoms with van der Waals surface area (Å²) in [5.41, 5.74) is 5.38. The predicted molar refractivity (Wildman–Crippen MR) is 88.3 cm³/mol. The normalized spacial score (nSPS) is 55.3. The lowest BCUT2D eigenvalue weighted by Gasteiger charge is -2.60. The van der Waals surface area contributed by atoms with Crippen LogP contribution in [0, 0.1) is 23.7 Å². The summed E-state index contributed by atoms with van der Waals surface area (Å²) in [7, 11) is 0. The molecule has 0 aromatic rings. The van der Waals surface area contributed by atoms with Crippen molar-refractivity contribution in [2.75, 3.05) is 12.3 Å². The van der Waals surface area contributed by atoms with Gasteiger partial charge in [0, 0.05) is 24.6 Å². The summed E-state index contributed by atoms with van der Waals surface area (Å²) in [5, 5.41) is 0. The minimum absolute atomic E-state index is 0.125. The third kappa shape index (κ3) is 2.41. The molecule has 0 aromatic carbocycles. The highest BCUT2D eigenvalue weighted by atomic mass is 32.2. The Balaban J connectivity index is 1.70. The second-order valence-corrected chi connectivity index (χ2v) is 9.14. The predicted octanol–water partition coefficient (Wildman–Crippen LogP) is 2.89. The van der Waals surface area contributed by atoms with Crippen LogP contribution in [0.25, 0.3) is 0 Å². The van der Waals surface area contributed by atoms with Gasteiger partial charge in [0.1, 0.15) is 5.44 Å². The van der Waals surface area contributed by atoms with Gasteiger partial charge in [0.05, 0.1) is 0 Å². The third-order valence-corrected chi connectivity index (χ3v) is 7.84. The zero-order valence-electron chi connectivity index (χ0n) is 14.3. The molecule has 0 radical (unpaired) electrons. The molecule has 5 aliphatic rings. The van der Waals surface area contributed by atoms with Crippen LogP contribution in [-0.4, -0.2) is 35.4 Å². The standard InChI is InChI=1S/C17H29NO4S/c1-10-4-5-13-11(2)14(23-9-8-18)19-15-17(13)12(10)6-7-16(3,20-15)21-22-17/h10-15H,4-9,18H2,1-3H3/t10-,11-,12+,13+,14?,15-,16-,17-/m1/s1. The maximum absolute atomic E-state index is 6.44. The Morgan fingerprint density at radius 2 is 1.96 bits per heavy atom. The highest BCUT2D eigenvalue weighted by Gasteiger charge is 2.69. The zero-order valence-corrected chi connectivity index (χ0v) is 15.1. The lowest BCUT2D eigenvalue weighted by molar-refractivity contribution is -0.568. The first-order valence-corrected chi connectivity index (χ1v) is 10.1. The van der Waals surface area contributed by atoms with Gasteiger partial charge in [-0.15, -0.1) is 11.8 Å². The summed E-state index contributed by atoms with van der Waals surface area (Å²) in [6.07, 6.45) is 4.03. The number of fused-ring (bicyclic) bond motifs is 2. The van der Waals surface area contributed by atoms with E-state index in [0.29, 0.717) is 30.2 Å². The van der Waals surface area contributed by atoms with Crippen molar-refractivity contribution in [2.45, 2.75) is 69.6 Å². The van der Waals surface area contributed by atoms with Crippen molar-refractivity contribution in [2.24, 2.45) is 29.4 Å². The van der Waals surface area contributed by atoms with Crippen molar-refractivity contribution in [3.8, 4) is 0 Å². The summed E-state index contributed by atoms with van der Waals surface area (Å²) in [6, 6.07) is 0. The molecule has 4 aliphatic heterocycles. The van der Waals surface area contributed by atoms with Crippen LogP contribution in [-0.2, 0) is 19.2 Å². The largest absolute Gasteiger partial charge is 0.335 e. The molecule has 2 bridgehead atoms. The number of ether oxygens (including phenoxy) is 2. The second-order valence-electron chi connectivity index (χ2n) is 7.93. The first-order chi connectivity index (χ1) is 11.0. The van der Waals surface area contributed by atoms with Gasteiger partial charge in [-0.25, -0.2) is 9.78 Å². The molecule has 0 aromatic heterocycles. The molecule has 2 N–H and O–H groups in total. The molecule has 23 heavy (non-hydrogen) atoms. The fourth-order valence-corrected chi connectivity index (χ4v) is 6.29. The molecule has 4 heterocycles. The van der Waals surface area contributed by atoms with Crippen molar-refractivity contribution in [3.05, 3.63) is 0 Å². The Bertz CT molecular complexity index is 466. The zero-order chi connectivity index (χ0) is 16.2. The van der Waals surface area contributed by atoms with E-state index < -0.39 is 11.4 Å². The molecule has 0 amide bonds. The molecule has 1 unspecified atom stereocenters. The second kappa shape index (κ2) is 5.85. The summed E-state index contributed by atoms with van der Waals surface area (Å²) in [5.74, 6) is 2.12. The van der Waals surface area contributed by atoms with Gasteiger partial charge >= 0.3 is 0 Å². The Hall–Kier alpha value is 0.150. The molecule has 6 heteroatoms. The summed E-state index contributed by atoms with van der Waals surface area (Å²) < 4.78 is 12.8. The van der Waals surface area contributed by atoms with Crippen LogP contribution in [0.2, 0.25) is 0 Å². The quantitative estimate of drug-likeness (QED) is 0.795. The van der Waals surface area contributed by atoms with Crippen LogP contribution in [0.15, 0.2) is 0 Å². The first kappa shape index (κ1) is 16.6. The van der Waals surface area contributed by atoms with Gasteiger partial charge < -0.3 is 15.2 Å². The fraction of sp³-hybridized carbons (Fsp3) is 1.00. The Kier molecular flexibility index (Phi) is 4.23. The molecule has 1 spiro atoms. The number of nitrogens with two attached hydrogens (primary N) is 1. The van der Waals surface area contributed by atoms with E-state index in [1.165, 1.54) is 6.42 Å². The van der Waals surface area contributed by atoms with Gasteiger partial charge in [-0.2, -0.15) is 0 Å². The van der Waals surface area contributed by atoms with Crippen LogP contribution in [0.1, 0.15) is 46.5 Å². The van der Waals surface area contributed by atoms with E-state index in [9.17, 15) is 0 Å². The topological polar surface area (TPSA) is 62.9 Å².